The smallest absolute Gasteiger partial charge is 0.175 e. The van der Waals surface area contributed by atoms with Gasteiger partial charge in [-0.3, -0.25) is 0 Å². The summed E-state index contributed by atoms with van der Waals surface area (Å²) in [4.78, 5) is 1.40. The molecule has 1 aromatic carbocycles. The van der Waals surface area contributed by atoms with Gasteiger partial charge in [-0.25, -0.2) is 0 Å². The van der Waals surface area contributed by atoms with Gasteiger partial charge in [0.05, 0.1) is 13.7 Å². The molecular weight excluding hydrogens is 240 g/mol. The molecule has 1 N–H and O–H groups in total. The molecule has 0 bridgehead atoms. The minimum atomic E-state index is -0.104. The third kappa shape index (κ3) is 2.81. The fraction of sp³-hybridized carbons (Fsp3) is 0.364. The Hall–Kier alpha value is -1.46. The summed E-state index contributed by atoms with van der Waals surface area (Å²) in [6.07, 6.45) is 0.522. The molecule has 0 aliphatic rings. The Morgan fingerprint density at radius 2 is 2.18 bits per heavy atom. The monoisotopic (exact) mass is 252 g/mol. The molecule has 0 aliphatic heterocycles. The molecule has 1 aromatic heterocycles. The minimum Gasteiger partial charge on any atom is -0.396 e. The van der Waals surface area contributed by atoms with Crippen molar-refractivity contribution in [1.82, 2.24) is 20.2 Å². The lowest BCUT2D eigenvalue weighted by molar-refractivity contribution is 0.263. The molecule has 17 heavy (non-hydrogen) atoms. The summed E-state index contributed by atoms with van der Waals surface area (Å²) in [7, 11) is 1.71. The van der Waals surface area contributed by atoms with Crippen LogP contribution >= 0.6 is 11.6 Å². The molecule has 0 saturated heterocycles. The lowest BCUT2D eigenvalue weighted by atomic mass is 9.96. The van der Waals surface area contributed by atoms with E-state index in [-0.39, 0.29) is 12.5 Å². The van der Waals surface area contributed by atoms with Crippen molar-refractivity contribution in [1.29, 1.82) is 0 Å². The zero-order valence-electron chi connectivity index (χ0n) is 9.41. The van der Waals surface area contributed by atoms with E-state index in [2.05, 4.69) is 15.4 Å². The van der Waals surface area contributed by atoms with Crippen LogP contribution in [0, 0.1) is 0 Å². The Balaban J connectivity index is 2.20. The highest BCUT2D eigenvalue weighted by Gasteiger charge is 2.16. The maximum atomic E-state index is 9.43. The molecule has 0 aliphatic carbocycles. The predicted molar refractivity (Wildman–Crippen MR) is 63.8 cm³/mol. The number of halogens is 1. The average molecular weight is 253 g/mol. The Bertz CT molecular complexity index is 500. The number of hydrogen-bond acceptors (Lipinski definition) is 4. The number of hydrogen-bond donors (Lipinski definition) is 1. The van der Waals surface area contributed by atoms with E-state index in [0.717, 1.165) is 5.56 Å². The molecule has 0 saturated carbocycles. The zero-order valence-corrected chi connectivity index (χ0v) is 10.2. The number of aliphatic hydroxyl groups is 1. The Kier molecular flexibility index (Phi) is 3.71. The van der Waals surface area contributed by atoms with Gasteiger partial charge < -0.3 is 5.11 Å². The maximum Gasteiger partial charge on any atom is 0.175 e. The summed E-state index contributed by atoms with van der Waals surface area (Å²) in [5.74, 6) is 0.499. The predicted octanol–water partition coefficient (Wildman–Crippen LogP) is 1.18. The molecular formula is C11H13ClN4O. The highest BCUT2D eigenvalue weighted by molar-refractivity contribution is 6.31. The molecule has 2 rings (SSSR count). The van der Waals surface area contributed by atoms with Gasteiger partial charge in [0.1, 0.15) is 0 Å². The quantitative estimate of drug-likeness (QED) is 0.888. The van der Waals surface area contributed by atoms with Crippen LogP contribution in [-0.2, 0) is 13.5 Å². The first-order valence-corrected chi connectivity index (χ1v) is 5.66. The second-order valence-corrected chi connectivity index (χ2v) is 4.21. The number of rotatable bonds is 4. The Labute approximate surface area is 104 Å². The number of aliphatic hydroxyl groups excluding tert-OH is 1. The topological polar surface area (TPSA) is 63.8 Å². The summed E-state index contributed by atoms with van der Waals surface area (Å²) in [6, 6.07) is 7.47. The molecule has 1 atom stereocenters. The molecule has 1 unspecified atom stereocenters. The number of aromatic nitrogens is 4. The number of benzene rings is 1. The molecule has 0 radical (unpaired) electrons. The van der Waals surface area contributed by atoms with E-state index in [1.165, 1.54) is 4.80 Å². The molecule has 0 amide bonds. The lowest BCUT2D eigenvalue weighted by Crippen LogP contribution is -2.09. The van der Waals surface area contributed by atoms with Gasteiger partial charge in [0.2, 0.25) is 0 Å². The van der Waals surface area contributed by atoms with E-state index < -0.39 is 0 Å². The number of aryl methyl sites for hydroxylation is 1. The van der Waals surface area contributed by atoms with E-state index in [9.17, 15) is 5.11 Å². The number of nitrogens with zero attached hydrogens (tertiary/aromatic N) is 4. The number of tetrazole rings is 1. The van der Waals surface area contributed by atoms with Crippen LogP contribution in [0.3, 0.4) is 0 Å². The minimum absolute atomic E-state index is 0.00197. The second kappa shape index (κ2) is 5.25. The highest BCUT2D eigenvalue weighted by Crippen LogP contribution is 2.26. The standard InChI is InChI=1S/C11H13ClN4O/c1-16-14-11(13-15-16)6-8(7-17)9-4-2-3-5-10(9)12/h2-5,8,17H,6-7H2,1H3. The average Bonchev–Trinajstić information content (AvgIpc) is 2.73. The first kappa shape index (κ1) is 12.0. The lowest BCUT2D eigenvalue weighted by Gasteiger charge is -2.13. The third-order valence-corrected chi connectivity index (χ3v) is 2.89. The molecule has 6 heteroatoms. The maximum absolute atomic E-state index is 9.43. The van der Waals surface area contributed by atoms with Crippen LogP contribution in [0.5, 0.6) is 0 Å². The van der Waals surface area contributed by atoms with Crippen LogP contribution in [0.15, 0.2) is 24.3 Å². The van der Waals surface area contributed by atoms with Gasteiger partial charge in [0.25, 0.3) is 0 Å². The van der Waals surface area contributed by atoms with Crippen LogP contribution in [-0.4, -0.2) is 31.9 Å². The zero-order chi connectivity index (χ0) is 12.3. The van der Waals surface area contributed by atoms with Crippen molar-refractivity contribution in [2.45, 2.75) is 12.3 Å². The highest BCUT2D eigenvalue weighted by atomic mass is 35.5. The Morgan fingerprint density at radius 1 is 1.41 bits per heavy atom. The fourth-order valence-corrected chi connectivity index (χ4v) is 1.99. The third-order valence-electron chi connectivity index (χ3n) is 2.54. The molecule has 5 nitrogen and oxygen atoms in total. The van der Waals surface area contributed by atoms with Crippen LogP contribution in [0.2, 0.25) is 5.02 Å². The Morgan fingerprint density at radius 3 is 2.76 bits per heavy atom. The van der Waals surface area contributed by atoms with E-state index in [0.29, 0.717) is 17.3 Å². The van der Waals surface area contributed by atoms with Crippen LogP contribution in [0.1, 0.15) is 17.3 Å². The van der Waals surface area contributed by atoms with Crippen LogP contribution in [0.4, 0.5) is 0 Å². The van der Waals surface area contributed by atoms with Gasteiger partial charge in [-0.2, -0.15) is 4.80 Å². The van der Waals surface area contributed by atoms with Gasteiger partial charge >= 0.3 is 0 Å². The molecule has 90 valence electrons. The summed E-state index contributed by atoms with van der Waals surface area (Å²) < 4.78 is 0. The summed E-state index contributed by atoms with van der Waals surface area (Å²) in [6.45, 7) is 0.00197. The first-order valence-electron chi connectivity index (χ1n) is 5.29. The van der Waals surface area contributed by atoms with Crippen molar-refractivity contribution in [2.75, 3.05) is 6.61 Å². The molecule has 1 heterocycles. The van der Waals surface area contributed by atoms with Crippen molar-refractivity contribution >= 4 is 11.6 Å². The van der Waals surface area contributed by atoms with Crippen molar-refractivity contribution in [2.24, 2.45) is 7.05 Å². The van der Waals surface area contributed by atoms with E-state index >= 15 is 0 Å². The summed E-state index contributed by atoms with van der Waals surface area (Å²) in [5, 5.41) is 21.8. The molecule has 0 spiro atoms. The van der Waals surface area contributed by atoms with E-state index in [1.807, 2.05) is 24.3 Å². The molecule has 2 aromatic rings. The normalized spacial score (nSPS) is 12.6. The SMILES string of the molecule is Cn1nnc(CC(CO)c2ccccc2Cl)n1. The van der Waals surface area contributed by atoms with Crippen molar-refractivity contribution in [3.63, 3.8) is 0 Å². The first-order chi connectivity index (χ1) is 8.20. The molecule has 0 fully saturated rings. The van der Waals surface area contributed by atoms with Crippen LogP contribution in [0.25, 0.3) is 0 Å². The van der Waals surface area contributed by atoms with Gasteiger partial charge in [-0.05, 0) is 16.8 Å². The second-order valence-electron chi connectivity index (χ2n) is 3.80. The van der Waals surface area contributed by atoms with E-state index in [1.54, 1.807) is 7.05 Å². The van der Waals surface area contributed by atoms with Crippen LogP contribution < -0.4 is 0 Å². The van der Waals surface area contributed by atoms with Gasteiger partial charge in [-0.1, -0.05) is 29.8 Å². The fourth-order valence-electron chi connectivity index (χ4n) is 1.70. The van der Waals surface area contributed by atoms with Crippen molar-refractivity contribution in [3.8, 4) is 0 Å². The van der Waals surface area contributed by atoms with Gasteiger partial charge in [0.15, 0.2) is 5.82 Å². The van der Waals surface area contributed by atoms with Gasteiger partial charge in [0, 0.05) is 17.4 Å². The van der Waals surface area contributed by atoms with E-state index in [4.69, 9.17) is 11.6 Å². The van der Waals surface area contributed by atoms with Crippen molar-refractivity contribution in [3.05, 3.63) is 40.7 Å². The van der Waals surface area contributed by atoms with Crippen molar-refractivity contribution < 1.29 is 5.11 Å². The largest absolute Gasteiger partial charge is 0.396 e. The summed E-state index contributed by atoms with van der Waals surface area (Å²) >= 11 is 6.10. The van der Waals surface area contributed by atoms with Gasteiger partial charge in [-0.15, -0.1) is 10.2 Å². The summed E-state index contributed by atoms with van der Waals surface area (Å²) in [5.41, 5.74) is 0.907.